The number of carbonyl (C=O) groups excluding carboxylic acids is 2. The number of carbonyl (C=O) groups is 2. The van der Waals surface area contributed by atoms with Crippen molar-refractivity contribution in [2.75, 3.05) is 17.1 Å². The van der Waals surface area contributed by atoms with Crippen molar-refractivity contribution in [1.82, 2.24) is 10.2 Å². The van der Waals surface area contributed by atoms with Crippen LogP contribution in [0.2, 0.25) is 5.02 Å². The van der Waals surface area contributed by atoms with Crippen LogP contribution in [0, 0.1) is 10.1 Å². The van der Waals surface area contributed by atoms with Crippen LogP contribution in [-0.4, -0.2) is 54.9 Å². The van der Waals surface area contributed by atoms with Gasteiger partial charge in [0.25, 0.3) is 5.69 Å². The van der Waals surface area contributed by atoms with E-state index in [-0.39, 0.29) is 30.4 Å². The highest BCUT2D eigenvalue weighted by Crippen LogP contribution is 2.25. The Kier molecular flexibility index (Phi) is 10.8. The van der Waals surface area contributed by atoms with Gasteiger partial charge in [-0.2, -0.15) is 0 Å². The van der Waals surface area contributed by atoms with E-state index in [0.717, 1.165) is 22.2 Å². The summed E-state index contributed by atoms with van der Waals surface area (Å²) in [7, 11) is -4.06. The van der Waals surface area contributed by atoms with E-state index in [0.29, 0.717) is 17.0 Å². The van der Waals surface area contributed by atoms with E-state index in [1.54, 1.807) is 24.3 Å². The summed E-state index contributed by atoms with van der Waals surface area (Å²) in [5, 5.41) is 14.7. The molecular formula is C29H33ClN4O6S. The van der Waals surface area contributed by atoms with Gasteiger partial charge in [-0.05, 0) is 36.6 Å². The first kappa shape index (κ1) is 31.6. The first-order chi connectivity index (χ1) is 19.4. The summed E-state index contributed by atoms with van der Waals surface area (Å²) in [4.78, 5) is 39.7. The van der Waals surface area contributed by atoms with E-state index in [9.17, 15) is 28.1 Å². The van der Waals surface area contributed by atoms with Crippen molar-refractivity contribution in [1.29, 1.82) is 0 Å². The Labute approximate surface area is 245 Å². The number of rotatable bonds is 13. The van der Waals surface area contributed by atoms with Gasteiger partial charge in [0.05, 0.1) is 16.9 Å². The molecule has 2 amide bonds. The molecule has 2 atom stereocenters. The molecule has 0 aliphatic heterocycles. The minimum Gasteiger partial charge on any atom is -0.352 e. The van der Waals surface area contributed by atoms with Gasteiger partial charge in [-0.25, -0.2) is 8.42 Å². The molecule has 0 spiro atoms. The number of nitrogens with one attached hydrogen (secondary N) is 1. The Balaban J connectivity index is 2.09. The van der Waals surface area contributed by atoms with Crippen molar-refractivity contribution in [2.45, 2.75) is 45.3 Å². The van der Waals surface area contributed by atoms with Crippen molar-refractivity contribution in [2.24, 2.45) is 0 Å². The minimum absolute atomic E-state index is 0.0450. The number of nitro benzene ring substituents is 1. The van der Waals surface area contributed by atoms with Gasteiger partial charge in [0.15, 0.2) is 0 Å². The van der Waals surface area contributed by atoms with Crippen LogP contribution in [0.25, 0.3) is 0 Å². The molecule has 3 rings (SSSR count). The van der Waals surface area contributed by atoms with Gasteiger partial charge in [0.2, 0.25) is 21.8 Å². The van der Waals surface area contributed by atoms with Gasteiger partial charge in [0.1, 0.15) is 12.6 Å². The summed E-state index contributed by atoms with van der Waals surface area (Å²) < 4.78 is 26.5. The number of amides is 2. The Hall–Kier alpha value is -3.96. The summed E-state index contributed by atoms with van der Waals surface area (Å²) in [5.74, 6) is -1.08. The standard InChI is InChI=1S/C29H33ClN4O6S/c1-4-21(2)31-29(36)27(17-22-11-6-5-7-12-22)32(19-23-13-8-9-16-26(23)30)28(35)20-33(41(3,39)40)24-14-10-15-25(18-24)34(37)38/h5-16,18,21,27H,4,17,19-20H2,1-3H3,(H,31,36). The van der Waals surface area contributed by atoms with Crippen LogP contribution in [0.15, 0.2) is 78.9 Å². The summed E-state index contributed by atoms with van der Waals surface area (Å²) in [6, 6.07) is 19.9. The molecule has 2 unspecified atom stereocenters. The number of halogens is 1. The van der Waals surface area contributed by atoms with E-state index >= 15 is 0 Å². The maximum absolute atomic E-state index is 14.1. The summed E-state index contributed by atoms with van der Waals surface area (Å²) >= 11 is 6.44. The molecule has 3 aromatic carbocycles. The Morgan fingerprint density at radius 1 is 1.02 bits per heavy atom. The fraction of sp³-hybridized carbons (Fsp3) is 0.310. The molecule has 41 heavy (non-hydrogen) atoms. The Morgan fingerprint density at radius 3 is 2.29 bits per heavy atom. The Bertz CT molecular complexity index is 1490. The van der Waals surface area contributed by atoms with Gasteiger partial charge in [-0.3, -0.25) is 24.0 Å². The largest absolute Gasteiger partial charge is 0.352 e. The lowest BCUT2D eigenvalue weighted by Crippen LogP contribution is -2.54. The van der Waals surface area contributed by atoms with Gasteiger partial charge in [-0.15, -0.1) is 0 Å². The van der Waals surface area contributed by atoms with Crippen LogP contribution in [0.1, 0.15) is 31.4 Å². The lowest BCUT2D eigenvalue weighted by Gasteiger charge is -2.34. The van der Waals surface area contributed by atoms with Crippen molar-refractivity contribution < 1.29 is 22.9 Å². The number of nitro groups is 1. The van der Waals surface area contributed by atoms with Gasteiger partial charge < -0.3 is 10.2 Å². The third-order valence-electron chi connectivity index (χ3n) is 6.58. The fourth-order valence-electron chi connectivity index (χ4n) is 4.18. The topological polar surface area (TPSA) is 130 Å². The van der Waals surface area contributed by atoms with E-state index in [2.05, 4.69) is 5.32 Å². The van der Waals surface area contributed by atoms with Crippen molar-refractivity contribution in [3.05, 3.63) is 105 Å². The molecule has 0 aromatic heterocycles. The van der Waals surface area contributed by atoms with E-state index in [1.807, 2.05) is 44.2 Å². The van der Waals surface area contributed by atoms with E-state index < -0.39 is 39.3 Å². The van der Waals surface area contributed by atoms with E-state index in [1.165, 1.54) is 23.1 Å². The first-order valence-electron chi connectivity index (χ1n) is 13.0. The fourth-order valence-corrected chi connectivity index (χ4v) is 5.22. The molecular weight excluding hydrogens is 568 g/mol. The lowest BCUT2D eigenvalue weighted by atomic mass is 10.0. The zero-order valence-electron chi connectivity index (χ0n) is 23.1. The molecule has 3 aromatic rings. The molecule has 0 fully saturated rings. The zero-order chi connectivity index (χ0) is 30.2. The number of benzene rings is 3. The maximum Gasteiger partial charge on any atom is 0.271 e. The number of sulfonamides is 1. The molecule has 1 N–H and O–H groups in total. The summed E-state index contributed by atoms with van der Waals surface area (Å²) in [6.07, 6.45) is 1.74. The van der Waals surface area contributed by atoms with Crippen molar-refractivity contribution in [3.8, 4) is 0 Å². The highest BCUT2D eigenvalue weighted by atomic mass is 35.5. The maximum atomic E-state index is 14.1. The monoisotopic (exact) mass is 600 g/mol. The molecule has 0 radical (unpaired) electrons. The SMILES string of the molecule is CCC(C)NC(=O)C(Cc1ccccc1)N(Cc1ccccc1Cl)C(=O)CN(c1cccc([N+](=O)[O-])c1)S(C)(=O)=O. The molecule has 0 aliphatic carbocycles. The molecule has 0 bridgehead atoms. The highest BCUT2D eigenvalue weighted by Gasteiger charge is 2.34. The zero-order valence-corrected chi connectivity index (χ0v) is 24.6. The second kappa shape index (κ2) is 14.1. The average Bonchev–Trinajstić information content (AvgIpc) is 2.94. The van der Waals surface area contributed by atoms with Crippen LogP contribution in [0.3, 0.4) is 0 Å². The normalized spacial score (nSPS) is 12.7. The number of hydrogen-bond acceptors (Lipinski definition) is 6. The molecule has 0 saturated carbocycles. The van der Waals surface area contributed by atoms with Gasteiger partial charge >= 0.3 is 0 Å². The second-order valence-electron chi connectivity index (χ2n) is 9.68. The average molecular weight is 601 g/mol. The van der Waals surface area contributed by atoms with Crippen molar-refractivity contribution in [3.63, 3.8) is 0 Å². The van der Waals surface area contributed by atoms with Gasteiger partial charge in [-0.1, -0.05) is 73.1 Å². The smallest absolute Gasteiger partial charge is 0.271 e. The van der Waals surface area contributed by atoms with Crippen LogP contribution >= 0.6 is 11.6 Å². The summed E-state index contributed by atoms with van der Waals surface area (Å²) in [6.45, 7) is 3.01. The molecule has 218 valence electrons. The first-order valence-corrected chi connectivity index (χ1v) is 15.2. The molecule has 0 heterocycles. The molecule has 12 heteroatoms. The third-order valence-corrected chi connectivity index (χ3v) is 8.09. The molecule has 10 nitrogen and oxygen atoms in total. The highest BCUT2D eigenvalue weighted by molar-refractivity contribution is 7.92. The lowest BCUT2D eigenvalue weighted by molar-refractivity contribution is -0.384. The Morgan fingerprint density at radius 2 is 1.68 bits per heavy atom. The van der Waals surface area contributed by atoms with Crippen LogP contribution < -0.4 is 9.62 Å². The van der Waals surface area contributed by atoms with Crippen LogP contribution in [0.4, 0.5) is 11.4 Å². The quantitative estimate of drug-likeness (QED) is 0.226. The predicted molar refractivity (Wildman–Crippen MR) is 159 cm³/mol. The molecule has 0 aliphatic rings. The van der Waals surface area contributed by atoms with Crippen LogP contribution in [-0.2, 0) is 32.6 Å². The minimum atomic E-state index is -4.06. The second-order valence-corrected chi connectivity index (χ2v) is 12.0. The predicted octanol–water partition coefficient (Wildman–Crippen LogP) is 4.57. The number of anilines is 1. The number of hydrogen-bond donors (Lipinski definition) is 1. The van der Waals surface area contributed by atoms with E-state index in [4.69, 9.17) is 11.6 Å². The molecule has 0 saturated heterocycles. The number of non-ortho nitro benzene ring substituents is 1. The van der Waals surface area contributed by atoms with Crippen molar-refractivity contribution >= 4 is 44.8 Å². The third kappa shape index (κ3) is 8.76. The summed E-state index contributed by atoms with van der Waals surface area (Å²) in [5.41, 5.74) is 0.994. The van der Waals surface area contributed by atoms with Gasteiger partial charge in [0, 0.05) is 36.2 Å². The number of nitrogens with zero attached hydrogens (tertiary/aromatic N) is 3. The van der Waals surface area contributed by atoms with Crippen LogP contribution in [0.5, 0.6) is 0 Å².